The summed E-state index contributed by atoms with van der Waals surface area (Å²) < 4.78 is 0. The van der Waals surface area contributed by atoms with Gasteiger partial charge in [0.05, 0.1) is 5.56 Å². The standard InChI is InChI=1S/C22H22O2/c23-22(24)17-11-12-19-18(13-17)14-20(15-7-3-1-4-8-15)21(19)16-9-5-2-6-10-16/h1,3-4,7-8,11-13,16H,2,5-6,9-10,14H2,(H,23,24). The molecule has 4 rings (SSSR count). The lowest BCUT2D eigenvalue weighted by Crippen LogP contribution is -2.09. The Hall–Kier alpha value is -2.35. The molecule has 2 aliphatic rings. The number of rotatable bonds is 3. The van der Waals surface area contributed by atoms with Crippen molar-refractivity contribution in [3.63, 3.8) is 0 Å². The Balaban J connectivity index is 1.82. The maximum absolute atomic E-state index is 11.3. The van der Waals surface area contributed by atoms with E-state index in [0.29, 0.717) is 11.5 Å². The van der Waals surface area contributed by atoms with Gasteiger partial charge in [-0.3, -0.25) is 0 Å². The number of hydrogen-bond acceptors (Lipinski definition) is 1. The molecule has 0 aliphatic heterocycles. The number of fused-ring (bicyclic) bond motifs is 1. The summed E-state index contributed by atoms with van der Waals surface area (Å²) in [6.07, 6.45) is 7.32. The number of hydrogen-bond donors (Lipinski definition) is 1. The topological polar surface area (TPSA) is 37.3 Å². The van der Waals surface area contributed by atoms with Gasteiger partial charge in [-0.05, 0) is 65.1 Å². The summed E-state index contributed by atoms with van der Waals surface area (Å²) in [6.45, 7) is 0. The molecule has 24 heavy (non-hydrogen) atoms. The number of carboxylic acids is 1. The summed E-state index contributed by atoms with van der Waals surface area (Å²) >= 11 is 0. The first-order valence-corrected chi connectivity index (χ1v) is 8.89. The molecule has 1 N–H and O–H groups in total. The minimum absolute atomic E-state index is 0.394. The third kappa shape index (κ3) is 2.66. The van der Waals surface area contributed by atoms with Crippen LogP contribution in [0.25, 0.3) is 11.1 Å². The summed E-state index contributed by atoms with van der Waals surface area (Å²) in [6, 6.07) is 16.3. The molecule has 0 atom stereocenters. The molecular formula is C22H22O2. The van der Waals surface area contributed by atoms with E-state index < -0.39 is 5.97 Å². The summed E-state index contributed by atoms with van der Waals surface area (Å²) in [5, 5.41) is 9.30. The summed E-state index contributed by atoms with van der Waals surface area (Å²) in [5.41, 5.74) is 7.02. The van der Waals surface area contributed by atoms with Crippen molar-refractivity contribution < 1.29 is 9.90 Å². The Kier molecular flexibility index (Phi) is 3.97. The molecule has 0 aromatic heterocycles. The first-order valence-electron chi connectivity index (χ1n) is 8.89. The number of aromatic carboxylic acids is 1. The Bertz CT molecular complexity index is 796. The Labute approximate surface area is 142 Å². The van der Waals surface area contributed by atoms with Gasteiger partial charge in [-0.2, -0.15) is 0 Å². The van der Waals surface area contributed by atoms with Crippen LogP contribution in [-0.4, -0.2) is 11.1 Å². The van der Waals surface area contributed by atoms with Crippen LogP contribution in [0.2, 0.25) is 0 Å². The van der Waals surface area contributed by atoms with Crippen molar-refractivity contribution in [1.29, 1.82) is 0 Å². The first kappa shape index (κ1) is 15.2. The average Bonchev–Trinajstić information content (AvgIpc) is 3.01. The zero-order valence-electron chi connectivity index (χ0n) is 13.8. The third-order valence-corrected chi connectivity index (χ3v) is 5.47. The van der Waals surface area contributed by atoms with Crippen molar-refractivity contribution in [3.8, 4) is 0 Å². The second-order valence-corrected chi connectivity index (χ2v) is 6.95. The van der Waals surface area contributed by atoms with E-state index in [-0.39, 0.29) is 0 Å². The highest BCUT2D eigenvalue weighted by molar-refractivity contribution is 5.99. The van der Waals surface area contributed by atoms with Gasteiger partial charge in [0, 0.05) is 0 Å². The maximum Gasteiger partial charge on any atom is 0.335 e. The third-order valence-electron chi connectivity index (χ3n) is 5.47. The van der Waals surface area contributed by atoms with Crippen LogP contribution < -0.4 is 0 Å². The molecular weight excluding hydrogens is 296 g/mol. The first-order chi connectivity index (χ1) is 11.7. The van der Waals surface area contributed by atoms with Gasteiger partial charge in [0.25, 0.3) is 0 Å². The lowest BCUT2D eigenvalue weighted by atomic mass is 9.80. The summed E-state index contributed by atoms with van der Waals surface area (Å²) in [5.74, 6) is -0.226. The quantitative estimate of drug-likeness (QED) is 0.819. The molecule has 2 aromatic carbocycles. The van der Waals surface area contributed by atoms with Gasteiger partial charge in [0.1, 0.15) is 0 Å². The van der Waals surface area contributed by atoms with Crippen molar-refractivity contribution in [3.05, 3.63) is 70.8 Å². The zero-order chi connectivity index (χ0) is 16.5. The number of benzene rings is 2. The van der Waals surface area contributed by atoms with Crippen LogP contribution in [0.3, 0.4) is 0 Å². The van der Waals surface area contributed by atoms with Gasteiger partial charge < -0.3 is 5.11 Å². The molecule has 0 spiro atoms. The molecule has 0 bridgehead atoms. The number of carboxylic acid groups (broad SMARTS) is 1. The smallest absolute Gasteiger partial charge is 0.335 e. The van der Waals surface area contributed by atoms with Crippen LogP contribution in [0.5, 0.6) is 0 Å². The van der Waals surface area contributed by atoms with Crippen molar-refractivity contribution >= 4 is 17.1 Å². The number of allylic oxidation sites excluding steroid dienone is 2. The highest BCUT2D eigenvalue weighted by Crippen LogP contribution is 2.46. The average molecular weight is 318 g/mol. The summed E-state index contributed by atoms with van der Waals surface area (Å²) in [7, 11) is 0. The van der Waals surface area contributed by atoms with Crippen LogP contribution in [0.4, 0.5) is 0 Å². The zero-order valence-corrected chi connectivity index (χ0v) is 13.8. The second-order valence-electron chi connectivity index (χ2n) is 6.95. The second kappa shape index (κ2) is 6.27. The molecule has 0 heterocycles. The molecule has 1 saturated carbocycles. The van der Waals surface area contributed by atoms with Crippen LogP contribution in [0.1, 0.15) is 59.2 Å². The normalized spacial score (nSPS) is 17.8. The highest BCUT2D eigenvalue weighted by atomic mass is 16.4. The molecule has 1 fully saturated rings. The van der Waals surface area contributed by atoms with E-state index in [0.717, 1.165) is 6.42 Å². The molecule has 0 radical (unpaired) electrons. The molecule has 2 aliphatic carbocycles. The molecule has 2 nitrogen and oxygen atoms in total. The van der Waals surface area contributed by atoms with E-state index in [1.165, 1.54) is 59.9 Å². The fraction of sp³-hybridized carbons (Fsp3) is 0.318. The van der Waals surface area contributed by atoms with Gasteiger partial charge in [0.2, 0.25) is 0 Å². The predicted molar refractivity (Wildman–Crippen MR) is 96.9 cm³/mol. The lowest BCUT2D eigenvalue weighted by Gasteiger charge is -2.25. The van der Waals surface area contributed by atoms with Crippen molar-refractivity contribution in [2.45, 2.75) is 38.5 Å². The fourth-order valence-electron chi connectivity index (χ4n) is 4.34. The fourth-order valence-corrected chi connectivity index (χ4v) is 4.34. The largest absolute Gasteiger partial charge is 0.478 e. The Morgan fingerprint density at radius 3 is 2.42 bits per heavy atom. The van der Waals surface area contributed by atoms with Crippen LogP contribution in [0.15, 0.2) is 48.5 Å². The molecule has 2 heteroatoms. The Morgan fingerprint density at radius 1 is 0.958 bits per heavy atom. The van der Waals surface area contributed by atoms with E-state index in [4.69, 9.17) is 0 Å². The van der Waals surface area contributed by atoms with E-state index in [1.54, 1.807) is 6.07 Å². The van der Waals surface area contributed by atoms with Gasteiger partial charge in [-0.1, -0.05) is 55.7 Å². The van der Waals surface area contributed by atoms with Crippen molar-refractivity contribution in [2.24, 2.45) is 5.92 Å². The lowest BCUT2D eigenvalue weighted by molar-refractivity contribution is 0.0697. The van der Waals surface area contributed by atoms with Gasteiger partial charge >= 0.3 is 5.97 Å². The Morgan fingerprint density at radius 2 is 1.71 bits per heavy atom. The minimum Gasteiger partial charge on any atom is -0.478 e. The van der Waals surface area contributed by atoms with Gasteiger partial charge in [-0.25, -0.2) is 4.79 Å². The predicted octanol–water partition coefficient (Wildman–Crippen LogP) is 5.43. The van der Waals surface area contributed by atoms with Gasteiger partial charge in [0.15, 0.2) is 0 Å². The SMILES string of the molecule is O=C(O)c1ccc2c(c1)CC(c1ccccc1)=C2C1CCCCC1. The molecule has 0 unspecified atom stereocenters. The molecule has 0 amide bonds. The molecule has 0 saturated heterocycles. The van der Waals surface area contributed by atoms with Crippen LogP contribution in [-0.2, 0) is 6.42 Å². The molecule has 122 valence electrons. The number of carbonyl (C=O) groups is 1. The van der Waals surface area contributed by atoms with Crippen molar-refractivity contribution in [1.82, 2.24) is 0 Å². The van der Waals surface area contributed by atoms with E-state index in [9.17, 15) is 9.90 Å². The van der Waals surface area contributed by atoms with Crippen molar-refractivity contribution in [2.75, 3.05) is 0 Å². The highest BCUT2D eigenvalue weighted by Gasteiger charge is 2.29. The van der Waals surface area contributed by atoms with Crippen LogP contribution >= 0.6 is 0 Å². The maximum atomic E-state index is 11.3. The summed E-state index contributed by atoms with van der Waals surface area (Å²) in [4.78, 5) is 11.3. The monoisotopic (exact) mass is 318 g/mol. The van der Waals surface area contributed by atoms with E-state index in [1.807, 2.05) is 12.1 Å². The molecule has 2 aromatic rings. The van der Waals surface area contributed by atoms with Crippen LogP contribution in [0, 0.1) is 5.92 Å². The minimum atomic E-state index is -0.842. The van der Waals surface area contributed by atoms with Gasteiger partial charge in [-0.15, -0.1) is 0 Å². The van der Waals surface area contributed by atoms with E-state index in [2.05, 4.69) is 30.3 Å². The van der Waals surface area contributed by atoms with E-state index >= 15 is 0 Å².